The smallest absolute Gasteiger partial charge is 0.105 e. The van der Waals surface area contributed by atoms with Gasteiger partial charge in [0.25, 0.3) is 0 Å². The molecule has 0 saturated carbocycles. The lowest BCUT2D eigenvalue weighted by molar-refractivity contribution is 0.222. The van der Waals surface area contributed by atoms with E-state index in [4.69, 9.17) is 0 Å². The molecule has 0 unspecified atom stereocenters. The Hall–Kier alpha value is -2.38. The molecule has 0 amide bonds. The minimum Gasteiger partial charge on any atom is -0.384 e. The number of aliphatic hydroxyl groups is 1. The van der Waals surface area contributed by atoms with E-state index in [-0.39, 0.29) is 0 Å². The van der Waals surface area contributed by atoms with Gasteiger partial charge in [-0.15, -0.1) is 0 Å². The van der Waals surface area contributed by atoms with Crippen molar-refractivity contribution in [3.05, 3.63) is 82.9 Å². The van der Waals surface area contributed by atoms with Crippen LogP contribution in [-0.4, -0.2) is 5.11 Å². The molecule has 3 aromatic rings. The van der Waals surface area contributed by atoms with Gasteiger partial charge in [-0.25, -0.2) is 0 Å². The van der Waals surface area contributed by atoms with Gasteiger partial charge in [-0.3, -0.25) is 0 Å². The van der Waals surface area contributed by atoms with Crippen LogP contribution in [0.25, 0.3) is 22.9 Å². The molecule has 0 aromatic heterocycles. The van der Waals surface area contributed by atoms with Crippen LogP contribution in [-0.2, 0) is 0 Å². The van der Waals surface area contributed by atoms with Crippen molar-refractivity contribution in [2.75, 3.05) is 0 Å². The zero-order valence-electron chi connectivity index (χ0n) is 11.0. The molecule has 0 saturated heterocycles. The van der Waals surface area contributed by atoms with Crippen LogP contribution in [0.4, 0.5) is 0 Å². The van der Waals surface area contributed by atoms with Crippen molar-refractivity contribution in [2.45, 2.75) is 6.10 Å². The predicted molar refractivity (Wildman–Crippen MR) is 83.4 cm³/mol. The second-order valence-corrected chi connectivity index (χ2v) is 5.16. The lowest BCUT2D eigenvalue weighted by atomic mass is 9.93. The van der Waals surface area contributed by atoms with Crippen molar-refractivity contribution in [1.82, 2.24) is 0 Å². The van der Waals surface area contributed by atoms with Crippen molar-refractivity contribution in [3.8, 4) is 0 Å². The monoisotopic (exact) mass is 258 g/mol. The Balaban J connectivity index is 1.95. The Morgan fingerprint density at radius 2 is 1.45 bits per heavy atom. The second-order valence-electron chi connectivity index (χ2n) is 5.16. The van der Waals surface area contributed by atoms with E-state index in [2.05, 4.69) is 36.4 Å². The third-order valence-electron chi connectivity index (χ3n) is 3.99. The molecule has 1 N–H and O–H groups in total. The van der Waals surface area contributed by atoms with Crippen molar-refractivity contribution < 1.29 is 5.11 Å². The SMILES string of the molecule is O[C@H](c1ccccc1)c1ccc2c3c(cccc13)C=C2. The average Bonchev–Trinajstić information content (AvgIpc) is 2.93. The maximum Gasteiger partial charge on any atom is 0.105 e. The first-order chi connectivity index (χ1) is 9.84. The van der Waals surface area contributed by atoms with Gasteiger partial charge in [-0.2, -0.15) is 0 Å². The molecule has 0 aliphatic heterocycles. The van der Waals surface area contributed by atoms with Gasteiger partial charge in [-0.1, -0.05) is 72.8 Å². The summed E-state index contributed by atoms with van der Waals surface area (Å²) in [5.74, 6) is 0. The molecule has 4 rings (SSSR count). The molecule has 0 radical (unpaired) electrons. The number of benzene rings is 3. The molecule has 1 aliphatic rings. The summed E-state index contributed by atoms with van der Waals surface area (Å²) in [6.07, 6.45) is 3.69. The fraction of sp³-hybridized carbons (Fsp3) is 0.0526. The Morgan fingerprint density at radius 1 is 0.700 bits per heavy atom. The molecule has 0 spiro atoms. The summed E-state index contributed by atoms with van der Waals surface area (Å²) in [5.41, 5.74) is 4.37. The van der Waals surface area contributed by atoms with Crippen molar-refractivity contribution in [1.29, 1.82) is 0 Å². The molecule has 20 heavy (non-hydrogen) atoms. The molecule has 1 heteroatoms. The van der Waals surface area contributed by atoms with Gasteiger partial charge in [-0.05, 0) is 33.0 Å². The summed E-state index contributed by atoms with van der Waals surface area (Å²) >= 11 is 0. The molecular weight excluding hydrogens is 244 g/mol. The number of hydrogen-bond acceptors (Lipinski definition) is 1. The van der Waals surface area contributed by atoms with Gasteiger partial charge < -0.3 is 5.11 Å². The van der Waals surface area contributed by atoms with Gasteiger partial charge in [0.05, 0.1) is 0 Å². The highest BCUT2D eigenvalue weighted by atomic mass is 16.3. The van der Waals surface area contributed by atoms with E-state index in [0.29, 0.717) is 0 Å². The minimum absolute atomic E-state index is 0.582. The minimum atomic E-state index is -0.582. The number of rotatable bonds is 2. The Kier molecular flexibility index (Phi) is 2.48. The van der Waals surface area contributed by atoms with Crippen LogP contribution < -0.4 is 0 Å². The van der Waals surface area contributed by atoms with E-state index in [1.165, 1.54) is 16.5 Å². The topological polar surface area (TPSA) is 20.2 Å². The average molecular weight is 258 g/mol. The van der Waals surface area contributed by atoms with Crippen molar-refractivity contribution >= 4 is 22.9 Å². The molecular formula is C19H14O. The first-order valence-electron chi connectivity index (χ1n) is 6.81. The highest BCUT2D eigenvalue weighted by Gasteiger charge is 2.17. The van der Waals surface area contributed by atoms with E-state index in [1.807, 2.05) is 36.4 Å². The van der Waals surface area contributed by atoms with E-state index in [0.717, 1.165) is 16.5 Å². The summed E-state index contributed by atoms with van der Waals surface area (Å²) < 4.78 is 0. The Labute approximate surface area is 117 Å². The number of hydrogen-bond donors (Lipinski definition) is 1. The van der Waals surface area contributed by atoms with Crippen LogP contribution in [0.2, 0.25) is 0 Å². The van der Waals surface area contributed by atoms with E-state index >= 15 is 0 Å². The van der Waals surface area contributed by atoms with Crippen molar-refractivity contribution in [2.24, 2.45) is 0 Å². The fourth-order valence-corrected chi connectivity index (χ4v) is 3.00. The third kappa shape index (κ3) is 1.60. The summed E-state index contributed by atoms with van der Waals surface area (Å²) in [4.78, 5) is 0. The Morgan fingerprint density at radius 3 is 2.25 bits per heavy atom. The maximum atomic E-state index is 10.7. The second kappa shape index (κ2) is 4.32. The van der Waals surface area contributed by atoms with Crippen LogP contribution in [0.15, 0.2) is 60.7 Å². The summed E-state index contributed by atoms with van der Waals surface area (Å²) in [6, 6.07) is 20.2. The van der Waals surface area contributed by atoms with E-state index in [1.54, 1.807) is 0 Å². The highest BCUT2D eigenvalue weighted by molar-refractivity contribution is 6.06. The maximum absolute atomic E-state index is 10.7. The third-order valence-corrected chi connectivity index (χ3v) is 3.99. The molecule has 0 heterocycles. The largest absolute Gasteiger partial charge is 0.384 e. The van der Waals surface area contributed by atoms with Gasteiger partial charge in [0.2, 0.25) is 0 Å². The van der Waals surface area contributed by atoms with Crippen LogP contribution in [0.1, 0.15) is 28.4 Å². The van der Waals surface area contributed by atoms with Crippen LogP contribution in [0.3, 0.4) is 0 Å². The lowest BCUT2D eigenvalue weighted by Crippen LogP contribution is -2.00. The van der Waals surface area contributed by atoms with E-state index < -0.39 is 6.10 Å². The fourth-order valence-electron chi connectivity index (χ4n) is 3.00. The first kappa shape index (κ1) is 11.4. The standard InChI is InChI=1S/C19H14O/c20-19(15-5-2-1-3-6-15)17-12-11-14-10-9-13-7-4-8-16(17)18(13)14/h1-12,19-20H/t19-/m1/s1. The molecule has 0 bridgehead atoms. The normalized spacial score (nSPS) is 13.8. The number of aliphatic hydroxyl groups excluding tert-OH is 1. The van der Waals surface area contributed by atoms with E-state index in [9.17, 15) is 5.11 Å². The van der Waals surface area contributed by atoms with Gasteiger partial charge >= 0.3 is 0 Å². The summed E-state index contributed by atoms with van der Waals surface area (Å²) in [5, 5.41) is 13.1. The zero-order valence-corrected chi connectivity index (χ0v) is 11.0. The van der Waals surface area contributed by atoms with Crippen LogP contribution in [0, 0.1) is 0 Å². The molecule has 96 valence electrons. The van der Waals surface area contributed by atoms with Crippen LogP contribution >= 0.6 is 0 Å². The molecule has 1 atom stereocenters. The Bertz CT molecular complexity index is 804. The molecule has 1 aliphatic carbocycles. The highest BCUT2D eigenvalue weighted by Crippen LogP contribution is 2.36. The van der Waals surface area contributed by atoms with Gasteiger partial charge in [0.1, 0.15) is 6.10 Å². The molecule has 1 nitrogen and oxygen atoms in total. The summed E-state index contributed by atoms with van der Waals surface area (Å²) in [6.45, 7) is 0. The van der Waals surface area contributed by atoms with Gasteiger partial charge in [0, 0.05) is 0 Å². The van der Waals surface area contributed by atoms with Crippen LogP contribution in [0.5, 0.6) is 0 Å². The predicted octanol–water partition coefficient (Wildman–Crippen LogP) is 4.41. The molecule has 3 aromatic carbocycles. The first-order valence-corrected chi connectivity index (χ1v) is 6.81. The summed E-state index contributed by atoms with van der Waals surface area (Å²) in [7, 11) is 0. The molecule has 0 fully saturated rings. The van der Waals surface area contributed by atoms with Gasteiger partial charge in [0.15, 0.2) is 0 Å². The zero-order chi connectivity index (χ0) is 13.5. The lowest BCUT2D eigenvalue weighted by Gasteiger charge is -2.15. The van der Waals surface area contributed by atoms with Crippen molar-refractivity contribution in [3.63, 3.8) is 0 Å². The quantitative estimate of drug-likeness (QED) is 0.565.